The number of alkyl halides is 3. The average molecular weight is 428 g/mol. The molecule has 3 aromatic carbocycles. The quantitative estimate of drug-likeness (QED) is 0.538. The summed E-state index contributed by atoms with van der Waals surface area (Å²) in [5.74, 6) is 0.159. The molecular formula is C19H13ClF3NO3S. The van der Waals surface area contributed by atoms with Crippen LogP contribution in [0.4, 0.5) is 18.9 Å². The maximum atomic E-state index is 12.7. The highest BCUT2D eigenvalue weighted by Crippen LogP contribution is 2.38. The lowest BCUT2D eigenvalue weighted by atomic mass is 10.0. The molecule has 3 rings (SSSR count). The van der Waals surface area contributed by atoms with Gasteiger partial charge in [-0.15, -0.1) is 0 Å². The molecule has 28 heavy (non-hydrogen) atoms. The lowest BCUT2D eigenvalue weighted by Crippen LogP contribution is -2.30. The van der Waals surface area contributed by atoms with Crippen LogP contribution in [0.25, 0.3) is 11.1 Å². The SMILES string of the molecule is O=S(=O)(Nc1ccc(Cl)cc1Oc1ccccc1-c1ccccc1)C(F)(F)F. The third-order valence-corrected chi connectivity index (χ3v) is 5.02. The number of sulfonamides is 1. The van der Waals surface area contributed by atoms with E-state index in [1.165, 1.54) is 16.9 Å². The topological polar surface area (TPSA) is 55.4 Å². The molecular weight excluding hydrogens is 415 g/mol. The molecule has 0 spiro atoms. The van der Waals surface area contributed by atoms with E-state index in [1.807, 2.05) is 30.3 Å². The Hall–Kier alpha value is -2.71. The Morgan fingerprint density at radius 1 is 0.857 bits per heavy atom. The van der Waals surface area contributed by atoms with Gasteiger partial charge < -0.3 is 4.74 Å². The van der Waals surface area contributed by atoms with Gasteiger partial charge in [0.05, 0.1) is 5.69 Å². The number of ether oxygens (including phenoxy) is 1. The maximum Gasteiger partial charge on any atom is 0.516 e. The Bertz CT molecular complexity index is 1090. The molecule has 9 heteroatoms. The van der Waals surface area contributed by atoms with Crippen molar-refractivity contribution in [2.75, 3.05) is 4.72 Å². The van der Waals surface area contributed by atoms with E-state index in [4.69, 9.17) is 16.3 Å². The van der Waals surface area contributed by atoms with Crippen LogP contribution in [0, 0.1) is 0 Å². The minimum atomic E-state index is -5.61. The molecule has 0 aliphatic heterocycles. The molecule has 0 radical (unpaired) electrons. The monoisotopic (exact) mass is 427 g/mol. The largest absolute Gasteiger partial charge is 0.516 e. The fraction of sp³-hybridized carbons (Fsp3) is 0.0526. The Morgan fingerprint density at radius 2 is 1.50 bits per heavy atom. The van der Waals surface area contributed by atoms with Crippen LogP contribution in [-0.2, 0) is 10.0 Å². The summed E-state index contributed by atoms with van der Waals surface area (Å²) in [7, 11) is -5.61. The van der Waals surface area contributed by atoms with E-state index in [2.05, 4.69) is 0 Å². The first-order valence-electron chi connectivity index (χ1n) is 7.88. The predicted octanol–water partition coefficient (Wildman–Crippen LogP) is 6.06. The standard InChI is InChI=1S/C19H13ClF3NO3S/c20-14-10-11-16(24-28(25,26)19(21,22)23)18(12-14)27-17-9-5-4-8-15(17)13-6-2-1-3-7-13/h1-12,24H. The van der Waals surface area contributed by atoms with E-state index in [1.54, 1.807) is 24.3 Å². The summed E-state index contributed by atoms with van der Waals surface area (Å²) in [6, 6.07) is 19.6. The Kier molecular flexibility index (Phi) is 5.53. The molecule has 0 amide bonds. The lowest BCUT2D eigenvalue weighted by Gasteiger charge is -2.16. The molecule has 0 heterocycles. The Labute approximate surface area is 164 Å². The fourth-order valence-corrected chi connectivity index (χ4v) is 3.13. The molecule has 0 aliphatic carbocycles. The van der Waals surface area contributed by atoms with E-state index in [9.17, 15) is 21.6 Å². The number of rotatable bonds is 5. The highest BCUT2D eigenvalue weighted by molar-refractivity contribution is 7.93. The maximum absolute atomic E-state index is 12.7. The van der Waals surface area contributed by atoms with E-state index in [0.717, 1.165) is 11.6 Å². The highest BCUT2D eigenvalue weighted by Gasteiger charge is 2.46. The molecule has 146 valence electrons. The summed E-state index contributed by atoms with van der Waals surface area (Å²) < 4.78 is 68.4. The molecule has 0 unspecified atom stereocenters. The number of halogens is 4. The molecule has 0 bridgehead atoms. The third kappa shape index (κ3) is 4.40. The zero-order chi connectivity index (χ0) is 20.4. The van der Waals surface area contributed by atoms with Crippen molar-refractivity contribution in [2.45, 2.75) is 5.51 Å². The van der Waals surface area contributed by atoms with Crippen molar-refractivity contribution in [1.82, 2.24) is 0 Å². The van der Waals surface area contributed by atoms with Crippen molar-refractivity contribution in [3.63, 3.8) is 0 Å². The van der Waals surface area contributed by atoms with E-state index in [-0.39, 0.29) is 16.5 Å². The molecule has 1 N–H and O–H groups in total. The highest BCUT2D eigenvalue weighted by atomic mass is 35.5. The number of nitrogens with one attached hydrogen (secondary N) is 1. The molecule has 3 aromatic rings. The smallest absolute Gasteiger partial charge is 0.454 e. The predicted molar refractivity (Wildman–Crippen MR) is 102 cm³/mol. The van der Waals surface area contributed by atoms with Crippen LogP contribution in [0.1, 0.15) is 0 Å². The number of benzene rings is 3. The van der Waals surface area contributed by atoms with E-state index >= 15 is 0 Å². The van der Waals surface area contributed by atoms with Gasteiger partial charge in [-0.05, 0) is 23.8 Å². The summed E-state index contributed by atoms with van der Waals surface area (Å²) in [6.07, 6.45) is 0. The summed E-state index contributed by atoms with van der Waals surface area (Å²) >= 11 is 5.92. The molecule has 0 atom stereocenters. The molecule has 0 fully saturated rings. The van der Waals surface area contributed by atoms with Gasteiger partial charge in [-0.3, -0.25) is 4.72 Å². The normalized spacial score (nSPS) is 11.9. The number of para-hydroxylation sites is 1. The second-order valence-corrected chi connectivity index (χ2v) is 7.77. The van der Waals surface area contributed by atoms with E-state index < -0.39 is 15.5 Å². The molecule has 0 aliphatic rings. The molecule has 0 saturated heterocycles. The Morgan fingerprint density at radius 3 is 2.18 bits per heavy atom. The second-order valence-electron chi connectivity index (χ2n) is 5.66. The zero-order valence-corrected chi connectivity index (χ0v) is 15.6. The average Bonchev–Trinajstić information content (AvgIpc) is 2.64. The van der Waals surface area contributed by atoms with Crippen molar-refractivity contribution < 1.29 is 26.3 Å². The number of hydrogen-bond acceptors (Lipinski definition) is 3. The van der Waals surface area contributed by atoms with Gasteiger partial charge in [-0.1, -0.05) is 60.1 Å². The van der Waals surface area contributed by atoms with Crippen LogP contribution >= 0.6 is 11.6 Å². The summed E-state index contributed by atoms with van der Waals surface area (Å²) in [4.78, 5) is 0. The molecule has 0 saturated carbocycles. The van der Waals surface area contributed by atoms with Crippen molar-refractivity contribution in [1.29, 1.82) is 0 Å². The van der Waals surface area contributed by atoms with Gasteiger partial charge in [0.2, 0.25) is 0 Å². The van der Waals surface area contributed by atoms with Gasteiger partial charge in [-0.2, -0.15) is 21.6 Å². The van der Waals surface area contributed by atoms with Crippen LogP contribution in [0.15, 0.2) is 72.8 Å². The minimum absolute atomic E-state index is 0.163. The number of hydrogen-bond donors (Lipinski definition) is 1. The van der Waals surface area contributed by atoms with Gasteiger partial charge in [-0.25, -0.2) is 0 Å². The van der Waals surface area contributed by atoms with Crippen LogP contribution in [0.3, 0.4) is 0 Å². The summed E-state index contributed by atoms with van der Waals surface area (Å²) in [6.45, 7) is 0. The first-order valence-corrected chi connectivity index (χ1v) is 9.74. The van der Waals surface area contributed by atoms with Gasteiger partial charge in [0.25, 0.3) is 0 Å². The van der Waals surface area contributed by atoms with Crippen LogP contribution in [0.2, 0.25) is 5.02 Å². The third-order valence-electron chi connectivity index (χ3n) is 3.68. The van der Waals surface area contributed by atoms with Gasteiger partial charge in [0.1, 0.15) is 5.75 Å². The lowest BCUT2D eigenvalue weighted by molar-refractivity contribution is -0.0429. The summed E-state index contributed by atoms with van der Waals surface area (Å²) in [5, 5.41) is 0.169. The first kappa shape index (κ1) is 20.0. The van der Waals surface area contributed by atoms with Crippen LogP contribution < -0.4 is 9.46 Å². The van der Waals surface area contributed by atoms with Gasteiger partial charge in [0, 0.05) is 16.7 Å². The second kappa shape index (κ2) is 7.73. The Balaban J connectivity index is 2.02. The van der Waals surface area contributed by atoms with Crippen molar-refractivity contribution in [2.24, 2.45) is 0 Å². The van der Waals surface area contributed by atoms with Crippen molar-refractivity contribution >= 4 is 27.3 Å². The van der Waals surface area contributed by atoms with Crippen molar-refractivity contribution in [3.8, 4) is 22.6 Å². The van der Waals surface area contributed by atoms with Crippen molar-refractivity contribution in [3.05, 3.63) is 77.8 Å². The summed E-state index contributed by atoms with van der Waals surface area (Å²) in [5.41, 5.74) is -4.36. The zero-order valence-electron chi connectivity index (χ0n) is 14.1. The first-order chi connectivity index (χ1) is 13.2. The molecule has 4 nitrogen and oxygen atoms in total. The number of anilines is 1. The van der Waals surface area contributed by atoms with Gasteiger partial charge in [0.15, 0.2) is 5.75 Å². The minimum Gasteiger partial charge on any atom is -0.454 e. The van der Waals surface area contributed by atoms with E-state index in [0.29, 0.717) is 11.3 Å². The van der Waals surface area contributed by atoms with Gasteiger partial charge >= 0.3 is 15.5 Å². The van der Waals surface area contributed by atoms with Crippen LogP contribution in [-0.4, -0.2) is 13.9 Å². The molecule has 0 aromatic heterocycles. The van der Waals surface area contributed by atoms with Crippen LogP contribution in [0.5, 0.6) is 11.5 Å². The fourth-order valence-electron chi connectivity index (χ4n) is 2.40.